The number of sulfonamides is 1. The quantitative estimate of drug-likeness (QED) is 0.662. The Kier molecular flexibility index (Phi) is 6.12. The van der Waals surface area contributed by atoms with Crippen molar-refractivity contribution in [3.05, 3.63) is 42.0 Å². The van der Waals surface area contributed by atoms with E-state index in [0.717, 1.165) is 23.9 Å². The highest BCUT2D eigenvalue weighted by Gasteiger charge is 2.42. The van der Waals surface area contributed by atoms with Crippen LogP contribution in [0.25, 0.3) is 0 Å². The summed E-state index contributed by atoms with van der Waals surface area (Å²) in [5, 5.41) is -0.591. The maximum Gasteiger partial charge on any atom is 0.433 e. The number of pyridine rings is 1. The van der Waals surface area contributed by atoms with Gasteiger partial charge < -0.3 is 4.74 Å². The zero-order valence-electron chi connectivity index (χ0n) is 17.7. The Hall–Kier alpha value is -2.31. The van der Waals surface area contributed by atoms with Gasteiger partial charge in [-0.05, 0) is 18.1 Å². The Labute approximate surface area is 184 Å². The Morgan fingerprint density at radius 3 is 2.56 bits per heavy atom. The first-order valence-electron chi connectivity index (χ1n) is 10.3. The number of aromatic nitrogens is 3. The summed E-state index contributed by atoms with van der Waals surface area (Å²) in [6.07, 6.45) is -1.04. The van der Waals surface area contributed by atoms with E-state index in [0.29, 0.717) is 25.4 Å². The van der Waals surface area contributed by atoms with E-state index in [9.17, 15) is 21.6 Å². The maximum atomic E-state index is 13.0. The third-order valence-corrected chi connectivity index (χ3v) is 7.45. The van der Waals surface area contributed by atoms with E-state index in [2.05, 4.69) is 19.9 Å². The van der Waals surface area contributed by atoms with Crippen molar-refractivity contribution in [3.63, 3.8) is 0 Å². The number of piperazine rings is 1. The number of nitrogens with zero attached hydrogens (tertiary/aromatic N) is 5. The molecule has 2 aliphatic heterocycles. The van der Waals surface area contributed by atoms with Gasteiger partial charge in [0.1, 0.15) is 11.8 Å². The summed E-state index contributed by atoms with van der Waals surface area (Å²) >= 11 is 0. The molecule has 0 bridgehead atoms. The van der Waals surface area contributed by atoms with Gasteiger partial charge in [0.25, 0.3) is 10.0 Å². The van der Waals surface area contributed by atoms with Crippen molar-refractivity contribution in [2.24, 2.45) is 0 Å². The van der Waals surface area contributed by atoms with E-state index in [4.69, 9.17) is 4.74 Å². The molecular weight excluding hydrogens is 447 g/mol. The summed E-state index contributed by atoms with van der Waals surface area (Å²) in [7, 11) is -4.14. The lowest BCUT2D eigenvalue weighted by Gasteiger charge is -2.36. The minimum absolute atomic E-state index is 0.0998. The van der Waals surface area contributed by atoms with Crippen LogP contribution in [-0.4, -0.2) is 70.9 Å². The van der Waals surface area contributed by atoms with Crippen LogP contribution in [0.1, 0.15) is 37.6 Å². The Morgan fingerprint density at radius 2 is 1.91 bits per heavy atom. The molecule has 2 aromatic heterocycles. The van der Waals surface area contributed by atoms with Crippen molar-refractivity contribution >= 4 is 10.0 Å². The molecule has 0 N–H and O–H groups in total. The van der Waals surface area contributed by atoms with Crippen LogP contribution in [0, 0.1) is 0 Å². The van der Waals surface area contributed by atoms with E-state index >= 15 is 0 Å². The first-order chi connectivity index (χ1) is 15.0. The van der Waals surface area contributed by atoms with E-state index in [-0.39, 0.29) is 31.2 Å². The third-order valence-electron chi connectivity index (χ3n) is 5.69. The van der Waals surface area contributed by atoms with Gasteiger partial charge in [0.2, 0.25) is 5.88 Å². The molecule has 0 aliphatic carbocycles. The van der Waals surface area contributed by atoms with E-state index in [1.165, 1.54) is 4.31 Å². The molecule has 12 heteroatoms. The van der Waals surface area contributed by atoms with Gasteiger partial charge in [-0.25, -0.2) is 18.4 Å². The first-order valence-corrected chi connectivity index (χ1v) is 11.7. The van der Waals surface area contributed by atoms with Gasteiger partial charge in [-0.2, -0.15) is 17.5 Å². The van der Waals surface area contributed by atoms with Crippen molar-refractivity contribution in [1.29, 1.82) is 0 Å². The lowest BCUT2D eigenvalue weighted by atomic mass is 10.1. The van der Waals surface area contributed by atoms with Crippen LogP contribution < -0.4 is 4.74 Å². The summed E-state index contributed by atoms with van der Waals surface area (Å²) in [6, 6.07) is 2.81. The second-order valence-electron chi connectivity index (χ2n) is 8.28. The minimum atomic E-state index is -4.71. The summed E-state index contributed by atoms with van der Waals surface area (Å²) in [5.41, 5.74) is -0.360. The molecule has 0 saturated carbocycles. The number of hydrogen-bond donors (Lipinski definition) is 0. The van der Waals surface area contributed by atoms with Crippen molar-refractivity contribution < 1.29 is 26.3 Å². The lowest BCUT2D eigenvalue weighted by Crippen LogP contribution is -2.52. The van der Waals surface area contributed by atoms with Gasteiger partial charge in [-0.1, -0.05) is 19.9 Å². The van der Waals surface area contributed by atoms with Crippen molar-refractivity contribution in [1.82, 2.24) is 24.2 Å². The second-order valence-corrected chi connectivity index (χ2v) is 10.2. The molecule has 32 heavy (non-hydrogen) atoms. The Bertz CT molecular complexity index is 1060. The van der Waals surface area contributed by atoms with Crippen LogP contribution >= 0.6 is 0 Å². The molecule has 8 nitrogen and oxygen atoms in total. The highest BCUT2D eigenvalue weighted by molar-refractivity contribution is 7.89. The van der Waals surface area contributed by atoms with Gasteiger partial charge in [0.15, 0.2) is 5.03 Å². The number of hydrogen-bond acceptors (Lipinski definition) is 7. The summed E-state index contributed by atoms with van der Waals surface area (Å²) in [4.78, 5) is 14.1. The monoisotopic (exact) mass is 471 g/mol. The lowest BCUT2D eigenvalue weighted by molar-refractivity contribution is -0.141. The van der Waals surface area contributed by atoms with Gasteiger partial charge in [0, 0.05) is 38.6 Å². The number of rotatable bonds is 5. The number of ether oxygens (including phenoxy) is 1. The van der Waals surface area contributed by atoms with Gasteiger partial charge >= 0.3 is 6.18 Å². The maximum absolute atomic E-state index is 13.0. The molecule has 2 atom stereocenters. The highest BCUT2D eigenvalue weighted by atomic mass is 32.2. The highest BCUT2D eigenvalue weighted by Crippen LogP contribution is 2.30. The van der Waals surface area contributed by atoms with Crippen molar-refractivity contribution in [2.45, 2.75) is 49.5 Å². The predicted molar refractivity (Wildman–Crippen MR) is 109 cm³/mol. The molecule has 2 saturated heterocycles. The standard InChI is InChI=1S/C20H24F3N5O3S/c1-13(2)16-9-25-18(10-24-16)31-15-8-14-11-28(7-6-27(14)12-15)32(29,30)19-5-3-4-17(26-19)20(21,22)23/h3-5,9-10,13-15H,6-8,11-12H2,1-2H3/t14-,15+/m0/s1. The fraction of sp³-hybridized carbons (Fsp3) is 0.550. The predicted octanol–water partition coefficient (Wildman–Crippen LogP) is 2.54. The SMILES string of the molecule is CC(C)c1cnc(O[C@@H]2C[C@H]3CN(S(=O)(=O)c4cccc(C(F)(F)F)n4)CCN3C2)cn1. The summed E-state index contributed by atoms with van der Waals surface area (Å²) < 4.78 is 71.9. The van der Waals surface area contributed by atoms with Gasteiger partial charge in [-0.3, -0.25) is 9.88 Å². The van der Waals surface area contributed by atoms with Gasteiger partial charge in [-0.15, -0.1) is 0 Å². The molecule has 0 spiro atoms. The van der Waals surface area contributed by atoms with E-state index < -0.39 is 26.9 Å². The second kappa shape index (κ2) is 8.56. The molecule has 4 rings (SSSR count). The zero-order chi connectivity index (χ0) is 23.1. The summed E-state index contributed by atoms with van der Waals surface area (Å²) in [5.74, 6) is 0.674. The zero-order valence-corrected chi connectivity index (χ0v) is 18.5. The molecule has 2 fully saturated rings. The van der Waals surface area contributed by atoms with Crippen molar-refractivity contribution in [2.75, 3.05) is 26.2 Å². The average molecular weight is 472 g/mol. The number of fused-ring (bicyclic) bond motifs is 1. The molecule has 0 amide bonds. The van der Waals surface area contributed by atoms with Crippen LogP contribution in [0.5, 0.6) is 5.88 Å². The molecule has 0 unspecified atom stereocenters. The molecule has 174 valence electrons. The van der Waals surface area contributed by atoms with Crippen LogP contribution in [0.4, 0.5) is 13.2 Å². The fourth-order valence-corrected chi connectivity index (χ4v) is 5.40. The van der Waals surface area contributed by atoms with Crippen LogP contribution in [0.2, 0.25) is 0 Å². The van der Waals surface area contributed by atoms with E-state index in [1.807, 2.05) is 13.8 Å². The number of alkyl halides is 3. The first kappa shape index (κ1) is 22.9. The van der Waals surface area contributed by atoms with E-state index in [1.54, 1.807) is 12.4 Å². The molecule has 2 aromatic rings. The minimum Gasteiger partial charge on any atom is -0.472 e. The van der Waals surface area contributed by atoms with Crippen LogP contribution in [0.15, 0.2) is 35.6 Å². The number of halogens is 3. The van der Waals surface area contributed by atoms with Crippen LogP contribution in [0.3, 0.4) is 0 Å². The smallest absolute Gasteiger partial charge is 0.433 e. The Morgan fingerprint density at radius 1 is 1.12 bits per heavy atom. The normalized spacial score (nSPS) is 22.8. The van der Waals surface area contributed by atoms with Crippen molar-refractivity contribution in [3.8, 4) is 5.88 Å². The van der Waals surface area contributed by atoms with Crippen LogP contribution in [-0.2, 0) is 16.2 Å². The topological polar surface area (TPSA) is 88.5 Å². The molecule has 2 aliphatic rings. The third kappa shape index (κ3) is 4.71. The largest absolute Gasteiger partial charge is 0.472 e. The molecule has 0 aromatic carbocycles. The van der Waals surface area contributed by atoms with Gasteiger partial charge in [0.05, 0.1) is 18.1 Å². The molecular formula is C20H24F3N5O3S. The molecule has 0 radical (unpaired) electrons. The summed E-state index contributed by atoms with van der Waals surface area (Å²) in [6.45, 7) is 5.46. The average Bonchev–Trinajstić information content (AvgIpc) is 3.15. The fourth-order valence-electron chi connectivity index (χ4n) is 3.98. The Balaban J connectivity index is 1.42. The molecule has 4 heterocycles.